The lowest BCUT2D eigenvalue weighted by molar-refractivity contribution is 0.0512. The van der Waals surface area contributed by atoms with Crippen LogP contribution in [0.15, 0.2) is 51.5 Å². The molecule has 0 amide bonds. The molecule has 0 aliphatic rings. The van der Waals surface area contributed by atoms with E-state index in [4.69, 9.17) is 20.9 Å². The summed E-state index contributed by atoms with van der Waals surface area (Å²) in [5.74, 6) is -0.362. The number of carbonyl (C=O) groups is 1. The largest absolute Gasteiger partial charge is 0.460 e. The maximum atomic E-state index is 12.3. The van der Waals surface area contributed by atoms with E-state index in [1.165, 1.54) is 0 Å². The average Bonchev–Trinajstić information content (AvgIpc) is 3.15. The highest BCUT2D eigenvalue weighted by Gasteiger charge is 2.22. The fourth-order valence-corrected chi connectivity index (χ4v) is 3.53. The van der Waals surface area contributed by atoms with Crippen LogP contribution in [-0.2, 0) is 4.74 Å². The molecule has 9 heteroatoms. The third-order valence-electron chi connectivity index (χ3n) is 4.35. The summed E-state index contributed by atoms with van der Waals surface area (Å²) in [5.41, 5.74) is 3.29. The van der Waals surface area contributed by atoms with E-state index >= 15 is 0 Å². The molecule has 0 saturated carbocycles. The number of hydrogen-bond donors (Lipinski definition) is 1. The van der Waals surface area contributed by atoms with E-state index in [-0.39, 0.29) is 18.1 Å². The minimum absolute atomic E-state index is 0.111. The molecule has 0 saturated heterocycles. The Hall–Kier alpha value is -2.97. The Kier molecular flexibility index (Phi) is 5.69. The summed E-state index contributed by atoms with van der Waals surface area (Å²) in [6.45, 7) is 3.89. The smallest absolute Gasteiger partial charge is 0.376 e. The first-order chi connectivity index (χ1) is 14.5. The molecule has 0 unspecified atom stereocenters. The number of aromatic nitrogens is 3. The van der Waals surface area contributed by atoms with Crippen molar-refractivity contribution in [2.45, 2.75) is 13.8 Å². The molecule has 0 bridgehead atoms. The van der Waals surface area contributed by atoms with Gasteiger partial charge in [0.05, 0.1) is 6.61 Å². The van der Waals surface area contributed by atoms with Crippen LogP contribution in [0.3, 0.4) is 0 Å². The second-order valence-corrected chi connectivity index (χ2v) is 7.77. The predicted octanol–water partition coefficient (Wildman–Crippen LogP) is 5.93. The zero-order valence-corrected chi connectivity index (χ0v) is 18.4. The molecule has 0 atom stereocenters. The number of rotatable bonds is 5. The number of benzene rings is 2. The van der Waals surface area contributed by atoms with Crippen molar-refractivity contribution in [3.05, 3.63) is 63.3 Å². The van der Waals surface area contributed by atoms with Crippen molar-refractivity contribution in [2.24, 2.45) is 0 Å². The summed E-state index contributed by atoms with van der Waals surface area (Å²) < 4.78 is 11.4. The zero-order valence-electron chi connectivity index (χ0n) is 16.1. The molecule has 4 aromatic rings. The number of esters is 1. The molecule has 0 spiro atoms. The minimum atomic E-state index is -0.639. The lowest BCUT2D eigenvalue weighted by Gasteiger charge is -2.11. The molecule has 30 heavy (non-hydrogen) atoms. The zero-order chi connectivity index (χ0) is 21.3. The van der Waals surface area contributed by atoms with Gasteiger partial charge in [0.2, 0.25) is 5.82 Å². The van der Waals surface area contributed by atoms with Gasteiger partial charge in [0, 0.05) is 20.7 Å². The van der Waals surface area contributed by atoms with E-state index in [9.17, 15) is 4.79 Å². The normalized spacial score (nSPS) is 10.9. The van der Waals surface area contributed by atoms with Crippen LogP contribution in [0.1, 0.15) is 23.1 Å². The van der Waals surface area contributed by atoms with Gasteiger partial charge in [-0.15, -0.1) is 0 Å². The van der Waals surface area contributed by atoms with Gasteiger partial charge in [0.25, 0.3) is 5.71 Å². The van der Waals surface area contributed by atoms with Gasteiger partial charge in [-0.3, -0.25) is 0 Å². The fraction of sp³-hybridized carbons (Fsp3) is 0.143. The third kappa shape index (κ3) is 4.01. The van der Waals surface area contributed by atoms with Gasteiger partial charge < -0.3 is 14.6 Å². The molecule has 2 aromatic carbocycles. The molecular formula is C21H16BrClN4O3. The van der Waals surface area contributed by atoms with Gasteiger partial charge in [-0.1, -0.05) is 44.8 Å². The Morgan fingerprint density at radius 2 is 1.97 bits per heavy atom. The second kappa shape index (κ2) is 8.41. The van der Waals surface area contributed by atoms with Crippen LogP contribution in [-0.4, -0.2) is 27.7 Å². The Labute approximate surface area is 185 Å². The van der Waals surface area contributed by atoms with Gasteiger partial charge in [-0.05, 0) is 49.7 Å². The summed E-state index contributed by atoms with van der Waals surface area (Å²) in [5, 5.41) is 8.60. The summed E-state index contributed by atoms with van der Waals surface area (Å²) in [6.07, 6.45) is 0. The van der Waals surface area contributed by atoms with Crippen LogP contribution in [0.25, 0.3) is 22.4 Å². The van der Waals surface area contributed by atoms with E-state index in [0.29, 0.717) is 21.9 Å². The number of nitrogens with one attached hydrogen (secondary N) is 1. The summed E-state index contributed by atoms with van der Waals surface area (Å²) in [6, 6.07) is 13.0. The molecule has 0 aliphatic carbocycles. The Morgan fingerprint density at radius 3 is 2.67 bits per heavy atom. The Morgan fingerprint density at radius 1 is 1.20 bits per heavy atom. The van der Waals surface area contributed by atoms with Crippen molar-refractivity contribution in [3.8, 4) is 11.3 Å². The average molecular weight is 488 g/mol. The number of aryl methyl sites for hydroxylation is 1. The van der Waals surface area contributed by atoms with Crippen LogP contribution >= 0.6 is 27.5 Å². The first-order valence-corrected chi connectivity index (χ1v) is 10.3. The number of anilines is 2. The quantitative estimate of drug-likeness (QED) is 0.349. The van der Waals surface area contributed by atoms with Crippen molar-refractivity contribution < 1.29 is 14.1 Å². The molecule has 0 aliphatic heterocycles. The van der Waals surface area contributed by atoms with Crippen molar-refractivity contribution in [2.75, 3.05) is 11.9 Å². The lowest BCUT2D eigenvalue weighted by Crippen LogP contribution is -2.11. The summed E-state index contributed by atoms with van der Waals surface area (Å²) in [4.78, 5) is 20.9. The number of carbonyl (C=O) groups excluding carboxylic acids is 1. The monoisotopic (exact) mass is 486 g/mol. The number of ether oxygens (including phenoxy) is 1. The predicted molar refractivity (Wildman–Crippen MR) is 118 cm³/mol. The standard InChI is InChI=1S/C21H16BrClN4O3/c1-3-29-21(28)19-25-18(24-15-9-6-13(22)10-11(15)2)16-17(27-30-20(16)26-19)12-4-7-14(23)8-5-12/h4-10H,3H2,1-2H3,(H,24,25,26). The Balaban J connectivity index is 1.89. The van der Waals surface area contributed by atoms with Crippen molar-refractivity contribution in [1.82, 2.24) is 15.1 Å². The molecule has 0 radical (unpaired) electrons. The summed E-state index contributed by atoms with van der Waals surface area (Å²) >= 11 is 9.47. The third-order valence-corrected chi connectivity index (χ3v) is 5.10. The molecule has 2 aromatic heterocycles. The molecule has 152 valence electrons. The molecule has 4 rings (SSSR count). The van der Waals surface area contributed by atoms with Crippen LogP contribution in [0, 0.1) is 6.92 Å². The maximum absolute atomic E-state index is 12.3. The molecular weight excluding hydrogens is 472 g/mol. The van der Waals surface area contributed by atoms with Crippen LogP contribution in [0.4, 0.5) is 11.5 Å². The van der Waals surface area contributed by atoms with Crippen LogP contribution in [0.2, 0.25) is 5.02 Å². The van der Waals surface area contributed by atoms with Gasteiger partial charge in [0.15, 0.2) is 0 Å². The summed E-state index contributed by atoms with van der Waals surface area (Å²) in [7, 11) is 0. The van der Waals surface area contributed by atoms with E-state index in [0.717, 1.165) is 21.3 Å². The van der Waals surface area contributed by atoms with Crippen molar-refractivity contribution in [1.29, 1.82) is 0 Å². The number of fused-ring (bicyclic) bond motifs is 1. The molecule has 0 fully saturated rings. The van der Waals surface area contributed by atoms with Gasteiger partial charge in [0.1, 0.15) is 16.9 Å². The Bertz CT molecular complexity index is 1240. The highest BCUT2D eigenvalue weighted by atomic mass is 79.9. The molecule has 2 heterocycles. The first kappa shape index (κ1) is 20.3. The van der Waals surface area contributed by atoms with Gasteiger partial charge in [-0.2, -0.15) is 4.98 Å². The SMILES string of the molecule is CCOC(=O)c1nc(Nc2ccc(Br)cc2C)c2c(-c3ccc(Cl)cc3)noc2n1. The lowest BCUT2D eigenvalue weighted by atomic mass is 10.1. The second-order valence-electron chi connectivity index (χ2n) is 6.42. The van der Waals surface area contributed by atoms with E-state index in [1.807, 2.05) is 37.3 Å². The molecule has 1 N–H and O–H groups in total. The maximum Gasteiger partial charge on any atom is 0.376 e. The first-order valence-electron chi connectivity index (χ1n) is 9.10. The van der Waals surface area contributed by atoms with E-state index in [2.05, 4.69) is 36.4 Å². The van der Waals surface area contributed by atoms with E-state index < -0.39 is 5.97 Å². The van der Waals surface area contributed by atoms with E-state index in [1.54, 1.807) is 19.1 Å². The van der Waals surface area contributed by atoms with Gasteiger partial charge in [-0.25, -0.2) is 9.78 Å². The minimum Gasteiger partial charge on any atom is -0.460 e. The topological polar surface area (TPSA) is 90.1 Å². The van der Waals surface area contributed by atoms with Gasteiger partial charge >= 0.3 is 5.97 Å². The fourth-order valence-electron chi connectivity index (χ4n) is 2.93. The van der Waals surface area contributed by atoms with Crippen molar-refractivity contribution >= 4 is 56.1 Å². The number of hydrogen-bond acceptors (Lipinski definition) is 7. The van der Waals surface area contributed by atoms with Crippen LogP contribution < -0.4 is 5.32 Å². The van der Waals surface area contributed by atoms with Crippen LogP contribution in [0.5, 0.6) is 0 Å². The number of halogens is 2. The number of nitrogens with zero attached hydrogens (tertiary/aromatic N) is 3. The highest BCUT2D eigenvalue weighted by Crippen LogP contribution is 2.34. The van der Waals surface area contributed by atoms with Crippen molar-refractivity contribution in [3.63, 3.8) is 0 Å². The highest BCUT2D eigenvalue weighted by molar-refractivity contribution is 9.10. The molecule has 7 nitrogen and oxygen atoms in total.